The number of benzene rings is 1. The van der Waals surface area contributed by atoms with Crippen LogP contribution in [-0.2, 0) is 0 Å². The van der Waals surface area contributed by atoms with Crippen LogP contribution in [0.3, 0.4) is 0 Å². The summed E-state index contributed by atoms with van der Waals surface area (Å²) in [5, 5.41) is 13.3. The Kier molecular flexibility index (Phi) is 4.80. The van der Waals surface area contributed by atoms with Crippen LogP contribution in [0.1, 0.15) is 18.0 Å². The van der Waals surface area contributed by atoms with Crippen LogP contribution in [0.15, 0.2) is 24.3 Å². The molecule has 1 aromatic rings. The quantitative estimate of drug-likeness (QED) is 0.858. The van der Waals surface area contributed by atoms with E-state index in [0.717, 1.165) is 37.6 Å². The lowest BCUT2D eigenvalue weighted by molar-refractivity contribution is 0.141. The minimum atomic E-state index is 0.219. The van der Waals surface area contributed by atoms with Gasteiger partial charge in [-0.1, -0.05) is 23.7 Å². The second kappa shape index (κ2) is 6.36. The summed E-state index contributed by atoms with van der Waals surface area (Å²) >= 11 is 5.91. The average Bonchev–Trinajstić information content (AvgIpc) is 2.38. The summed E-state index contributed by atoms with van der Waals surface area (Å²) < 4.78 is 0. The predicted molar refractivity (Wildman–Crippen MR) is 70.3 cm³/mol. The van der Waals surface area contributed by atoms with E-state index in [1.807, 2.05) is 12.1 Å². The summed E-state index contributed by atoms with van der Waals surface area (Å²) in [4.78, 5) is 2.43. The zero-order chi connectivity index (χ0) is 12.1. The molecule has 1 fully saturated rings. The topological polar surface area (TPSA) is 35.5 Å². The molecule has 0 saturated carbocycles. The summed E-state index contributed by atoms with van der Waals surface area (Å²) in [6, 6.07) is 8.27. The molecular weight excluding hydrogens is 236 g/mol. The molecular formula is C13H19ClN2O. The van der Waals surface area contributed by atoms with E-state index in [0.29, 0.717) is 6.04 Å². The Labute approximate surface area is 107 Å². The van der Waals surface area contributed by atoms with E-state index in [9.17, 15) is 5.11 Å². The van der Waals surface area contributed by atoms with E-state index >= 15 is 0 Å². The maximum absolute atomic E-state index is 9.21. The van der Waals surface area contributed by atoms with Gasteiger partial charge in [-0.3, -0.25) is 4.90 Å². The Balaban J connectivity index is 2.12. The molecule has 4 heteroatoms. The van der Waals surface area contributed by atoms with Crippen molar-refractivity contribution in [3.8, 4) is 0 Å². The largest absolute Gasteiger partial charge is 0.396 e. The normalized spacial score (nSPS) is 19.2. The third-order valence-corrected chi connectivity index (χ3v) is 3.50. The zero-order valence-corrected chi connectivity index (χ0v) is 10.7. The van der Waals surface area contributed by atoms with Gasteiger partial charge in [0, 0.05) is 43.9 Å². The number of halogens is 1. The maximum atomic E-state index is 9.21. The first kappa shape index (κ1) is 12.8. The fourth-order valence-electron chi connectivity index (χ4n) is 2.36. The number of aliphatic hydroxyl groups is 1. The van der Waals surface area contributed by atoms with Crippen LogP contribution in [0.25, 0.3) is 0 Å². The first-order valence-corrected chi connectivity index (χ1v) is 6.50. The van der Waals surface area contributed by atoms with E-state index in [2.05, 4.69) is 22.3 Å². The second-order valence-corrected chi connectivity index (χ2v) is 4.80. The van der Waals surface area contributed by atoms with Crippen molar-refractivity contribution in [2.75, 3.05) is 32.8 Å². The highest BCUT2D eigenvalue weighted by Gasteiger charge is 2.21. The minimum absolute atomic E-state index is 0.219. The van der Waals surface area contributed by atoms with Gasteiger partial charge in [-0.05, 0) is 24.1 Å². The summed E-state index contributed by atoms with van der Waals surface area (Å²) in [7, 11) is 0. The van der Waals surface area contributed by atoms with Crippen molar-refractivity contribution >= 4 is 11.6 Å². The van der Waals surface area contributed by atoms with Crippen LogP contribution in [0.5, 0.6) is 0 Å². The second-order valence-electron chi connectivity index (χ2n) is 4.37. The van der Waals surface area contributed by atoms with Crippen molar-refractivity contribution in [1.29, 1.82) is 0 Å². The Morgan fingerprint density at radius 2 is 1.88 bits per heavy atom. The lowest BCUT2D eigenvalue weighted by Crippen LogP contribution is -2.45. The fourth-order valence-corrected chi connectivity index (χ4v) is 2.49. The third-order valence-electron chi connectivity index (χ3n) is 3.25. The Hall–Kier alpha value is -0.610. The van der Waals surface area contributed by atoms with E-state index in [-0.39, 0.29) is 6.61 Å². The molecule has 2 rings (SSSR count). The number of piperazine rings is 1. The minimum Gasteiger partial charge on any atom is -0.396 e. The van der Waals surface area contributed by atoms with E-state index in [1.54, 1.807) is 0 Å². The molecule has 0 aliphatic carbocycles. The third kappa shape index (κ3) is 3.42. The highest BCUT2D eigenvalue weighted by molar-refractivity contribution is 6.30. The predicted octanol–water partition coefficient (Wildman–Crippen LogP) is 1.67. The first-order valence-electron chi connectivity index (χ1n) is 6.12. The summed E-state index contributed by atoms with van der Waals surface area (Å²) in [6.45, 7) is 4.34. The Morgan fingerprint density at radius 3 is 2.47 bits per heavy atom. The molecule has 17 heavy (non-hydrogen) atoms. The molecule has 1 aromatic carbocycles. The number of rotatable bonds is 4. The average molecular weight is 255 g/mol. The maximum Gasteiger partial charge on any atom is 0.0449 e. The van der Waals surface area contributed by atoms with Gasteiger partial charge in [0.2, 0.25) is 0 Å². The lowest BCUT2D eigenvalue weighted by Gasteiger charge is -2.35. The van der Waals surface area contributed by atoms with Gasteiger partial charge in [0.05, 0.1) is 0 Å². The van der Waals surface area contributed by atoms with Crippen molar-refractivity contribution < 1.29 is 5.11 Å². The lowest BCUT2D eigenvalue weighted by atomic mass is 10.0. The molecule has 0 aromatic heterocycles. The van der Waals surface area contributed by atoms with Crippen LogP contribution in [0.2, 0.25) is 5.02 Å². The van der Waals surface area contributed by atoms with Crippen LogP contribution >= 0.6 is 11.6 Å². The smallest absolute Gasteiger partial charge is 0.0449 e. The van der Waals surface area contributed by atoms with Crippen molar-refractivity contribution in [3.05, 3.63) is 34.9 Å². The number of hydrogen-bond donors (Lipinski definition) is 2. The molecule has 0 unspecified atom stereocenters. The molecule has 0 spiro atoms. The Morgan fingerprint density at radius 1 is 1.24 bits per heavy atom. The van der Waals surface area contributed by atoms with Crippen LogP contribution in [0, 0.1) is 0 Å². The van der Waals surface area contributed by atoms with E-state index in [1.165, 1.54) is 5.56 Å². The molecule has 3 nitrogen and oxygen atoms in total. The standard InChI is InChI=1S/C13H19ClN2O/c14-12-3-1-11(2-4-12)13(5-10-17)16-8-6-15-7-9-16/h1-4,13,15,17H,5-10H2/t13-/m0/s1. The molecule has 1 atom stereocenters. The molecule has 2 N–H and O–H groups in total. The van der Waals surface area contributed by atoms with Crippen molar-refractivity contribution in [3.63, 3.8) is 0 Å². The molecule has 0 radical (unpaired) electrons. The van der Waals surface area contributed by atoms with Crippen LogP contribution < -0.4 is 5.32 Å². The molecule has 1 aliphatic rings. The van der Waals surface area contributed by atoms with Gasteiger partial charge >= 0.3 is 0 Å². The highest BCUT2D eigenvalue weighted by atomic mass is 35.5. The number of hydrogen-bond acceptors (Lipinski definition) is 3. The molecule has 1 saturated heterocycles. The number of nitrogens with zero attached hydrogens (tertiary/aromatic N) is 1. The SMILES string of the molecule is OCC[C@@H](c1ccc(Cl)cc1)N1CCNCC1. The summed E-state index contributed by atoms with van der Waals surface area (Å²) in [5.74, 6) is 0. The Bertz CT molecular complexity index is 336. The van der Waals surface area contributed by atoms with Crippen LogP contribution in [-0.4, -0.2) is 42.8 Å². The van der Waals surface area contributed by atoms with Gasteiger partial charge < -0.3 is 10.4 Å². The summed E-state index contributed by atoms with van der Waals surface area (Å²) in [6.07, 6.45) is 0.779. The van der Waals surface area contributed by atoms with Crippen molar-refractivity contribution in [2.45, 2.75) is 12.5 Å². The van der Waals surface area contributed by atoms with Crippen molar-refractivity contribution in [1.82, 2.24) is 10.2 Å². The molecule has 94 valence electrons. The number of aliphatic hydroxyl groups excluding tert-OH is 1. The van der Waals surface area contributed by atoms with Gasteiger partial charge in [0.1, 0.15) is 0 Å². The van der Waals surface area contributed by atoms with Gasteiger partial charge in [-0.15, -0.1) is 0 Å². The van der Waals surface area contributed by atoms with Gasteiger partial charge in [0.15, 0.2) is 0 Å². The zero-order valence-electron chi connectivity index (χ0n) is 9.90. The molecule has 1 heterocycles. The number of nitrogens with one attached hydrogen (secondary N) is 1. The van der Waals surface area contributed by atoms with E-state index in [4.69, 9.17) is 11.6 Å². The fraction of sp³-hybridized carbons (Fsp3) is 0.538. The van der Waals surface area contributed by atoms with Gasteiger partial charge in [-0.25, -0.2) is 0 Å². The van der Waals surface area contributed by atoms with Gasteiger partial charge in [-0.2, -0.15) is 0 Å². The van der Waals surface area contributed by atoms with Gasteiger partial charge in [0.25, 0.3) is 0 Å². The monoisotopic (exact) mass is 254 g/mol. The summed E-state index contributed by atoms with van der Waals surface area (Å²) in [5.41, 5.74) is 1.24. The molecule has 1 aliphatic heterocycles. The van der Waals surface area contributed by atoms with Crippen LogP contribution in [0.4, 0.5) is 0 Å². The highest BCUT2D eigenvalue weighted by Crippen LogP contribution is 2.25. The molecule has 0 amide bonds. The van der Waals surface area contributed by atoms with Crippen molar-refractivity contribution in [2.24, 2.45) is 0 Å². The first-order chi connectivity index (χ1) is 8.31. The molecule has 0 bridgehead atoms. The van der Waals surface area contributed by atoms with E-state index < -0.39 is 0 Å².